The van der Waals surface area contributed by atoms with Crippen LogP contribution in [0.3, 0.4) is 0 Å². The third-order valence-electron chi connectivity index (χ3n) is 1.92. The van der Waals surface area contributed by atoms with Crippen molar-refractivity contribution in [1.82, 2.24) is 9.97 Å². The quantitative estimate of drug-likeness (QED) is 0.698. The van der Waals surface area contributed by atoms with E-state index in [2.05, 4.69) is 15.3 Å². The van der Waals surface area contributed by atoms with Crippen molar-refractivity contribution >= 4 is 23.1 Å². The standard InChI is InChI=1S/C9H9N3O3/c1-15-6-4-2-3-5-7(6)11-8(10-5)12-9(13)14/h2-4H,1H3,(H,13,14)(H2,10,11,12). The summed E-state index contributed by atoms with van der Waals surface area (Å²) in [7, 11) is 1.54. The summed E-state index contributed by atoms with van der Waals surface area (Å²) < 4.78 is 5.09. The Morgan fingerprint density at radius 2 is 2.40 bits per heavy atom. The molecule has 6 nitrogen and oxygen atoms in total. The smallest absolute Gasteiger partial charge is 0.411 e. The van der Waals surface area contributed by atoms with E-state index in [-0.39, 0.29) is 5.95 Å². The molecule has 0 aliphatic rings. The molecule has 2 rings (SSSR count). The summed E-state index contributed by atoms with van der Waals surface area (Å²) in [6.45, 7) is 0. The lowest BCUT2D eigenvalue weighted by Gasteiger charge is -1.97. The number of para-hydroxylation sites is 1. The molecule has 0 bridgehead atoms. The number of nitrogens with one attached hydrogen (secondary N) is 2. The summed E-state index contributed by atoms with van der Waals surface area (Å²) in [6.07, 6.45) is -1.16. The van der Waals surface area contributed by atoms with Crippen LogP contribution in [0.2, 0.25) is 0 Å². The second kappa shape index (κ2) is 3.49. The zero-order valence-electron chi connectivity index (χ0n) is 7.94. The van der Waals surface area contributed by atoms with Crippen LogP contribution in [0.4, 0.5) is 10.7 Å². The Labute approximate surface area is 84.9 Å². The molecule has 0 fully saturated rings. The van der Waals surface area contributed by atoms with Gasteiger partial charge in [0.15, 0.2) is 0 Å². The van der Waals surface area contributed by atoms with Crippen LogP contribution in [0.1, 0.15) is 0 Å². The number of imidazole rings is 1. The van der Waals surface area contributed by atoms with Gasteiger partial charge in [-0.15, -0.1) is 0 Å². The number of rotatable bonds is 2. The predicted octanol–water partition coefficient (Wildman–Crippen LogP) is 1.66. The Morgan fingerprint density at radius 1 is 1.60 bits per heavy atom. The highest BCUT2D eigenvalue weighted by molar-refractivity contribution is 5.87. The molecule has 0 saturated heterocycles. The molecule has 1 heterocycles. The molecule has 0 aliphatic heterocycles. The van der Waals surface area contributed by atoms with Gasteiger partial charge in [0.05, 0.1) is 12.6 Å². The fraction of sp³-hybridized carbons (Fsp3) is 0.111. The first kappa shape index (κ1) is 9.32. The van der Waals surface area contributed by atoms with E-state index in [1.807, 2.05) is 0 Å². The summed E-state index contributed by atoms with van der Waals surface area (Å²) >= 11 is 0. The number of ether oxygens (including phenoxy) is 1. The van der Waals surface area contributed by atoms with E-state index < -0.39 is 6.09 Å². The highest BCUT2D eigenvalue weighted by Gasteiger charge is 2.08. The van der Waals surface area contributed by atoms with E-state index in [4.69, 9.17) is 9.84 Å². The molecule has 0 saturated carbocycles. The van der Waals surface area contributed by atoms with Crippen LogP contribution in [0.15, 0.2) is 18.2 Å². The predicted molar refractivity (Wildman–Crippen MR) is 54.3 cm³/mol. The van der Waals surface area contributed by atoms with Crippen LogP contribution in [0.25, 0.3) is 11.0 Å². The molecular weight excluding hydrogens is 198 g/mol. The first-order chi connectivity index (χ1) is 7.20. The summed E-state index contributed by atoms with van der Waals surface area (Å²) in [4.78, 5) is 17.3. The zero-order chi connectivity index (χ0) is 10.8. The van der Waals surface area contributed by atoms with Crippen molar-refractivity contribution in [3.8, 4) is 5.75 Å². The summed E-state index contributed by atoms with van der Waals surface area (Å²) in [5, 5.41) is 10.7. The number of hydrogen-bond donors (Lipinski definition) is 3. The van der Waals surface area contributed by atoms with E-state index in [1.54, 1.807) is 18.2 Å². The Hall–Kier alpha value is -2.24. The van der Waals surface area contributed by atoms with Gasteiger partial charge in [0, 0.05) is 0 Å². The van der Waals surface area contributed by atoms with Crippen molar-refractivity contribution in [2.45, 2.75) is 0 Å². The van der Waals surface area contributed by atoms with Gasteiger partial charge in [0.1, 0.15) is 11.3 Å². The number of nitrogens with zero attached hydrogens (tertiary/aromatic N) is 1. The van der Waals surface area contributed by atoms with Crippen LogP contribution >= 0.6 is 0 Å². The molecule has 1 aromatic heterocycles. The SMILES string of the molecule is COc1cccc2[nH]c(NC(=O)O)nc12. The Bertz CT molecular complexity index is 506. The maximum Gasteiger partial charge on any atom is 0.411 e. The molecule has 0 spiro atoms. The minimum atomic E-state index is -1.16. The van der Waals surface area contributed by atoms with Crippen molar-refractivity contribution in [2.24, 2.45) is 0 Å². The monoisotopic (exact) mass is 207 g/mol. The van der Waals surface area contributed by atoms with Gasteiger partial charge in [-0.05, 0) is 12.1 Å². The van der Waals surface area contributed by atoms with Crippen LogP contribution in [-0.2, 0) is 0 Å². The average Bonchev–Trinajstić information content (AvgIpc) is 2.58. The van der Waals surface area contributed by atoms with Crippen LogP contribution in [0.5, 0.6) is 5.75 Å². The van der Waals surface area contributed by atoms with Crippen molar-refractivity contribution < 1.29 is 14.6 Å². The van der Waals surface area contributed by atoms with Gasteiger partial charge in [-0.25, -0.2) is 9.78 Å². The molecule has 1 aromatic carbocycles. The van der Waals surface area contributed by atoms with Crippen LogP contribution in [-0.4, -0.2) is 28.3 Å². The minimum absolute atomic E-state index is 0.182. The molecule has 0 unspecified atom stereocenters. The lowest BCUT2D eigenvalue weighted by atomic mass is 10.3. The number of carbonyl (C=O) groups is 1. The Kier molecular flexibility index (Phi) is 2.17. The van der Waals surface area contributed by atoms with Crippen molar-refractivity contribution in [1.29, 1.82) is 0 Å². The van der Waals surface area contributed by atoms with Gasteiger partial charge in [-0.1, -0.05) is 6.07 Å². The minimum Gasteiger partial charge on any atom is -0.494 e. The van der Waals surface area contributed by atoms with Gasteiger partial charge in [-0.3, -0.25) is 5.32 Å². The first-order valence-corrected chi connectivity index (χ1v) is 4.23. The summed E-state index contributed by atoms with van der Waals surface area (Å²) in [6, 6.07) is 5.34. The number of amides is 1. The molecule has 0 radical (unpaired) electrons. The Morgan fingerprint density at radius 3 is 3.07 bits per heavy atom. The largest absolute Gasteiger partial charge is 0.494 e. The van der Waals surface area contributed by atoms with E-state index in [9.17, 15) is 4.79 Å². The topological polar surface area (TPSA) is 87.2 Å². The third-order valence-corrected chi connectivity index (χ3v) is 1.92. The van der Waals surface area contributed by atoms with Gasteiger partial charge in [-0.2, -0.15) is 0 Å². The second-order valence-corrected chi connectivity index (χ2v) is 2.87. The molecule has 0 atom stereocenters. The van der Waals surface area contributed by atoms with Gasteiger partial charge >= 0.3 is 6.09 Å². The van der Waals surface area contributed by atoms with Gasteiger partial charge < -0.3 is 14.8 Å². The number of anilines is 1. The molecule has 15 heavy (non-hydrogen) atoms. The Balaban J connectivity index is 2.50. The zero-order valence-corrected chi connectivity index (χ0v) is 7.94. The lowest BCUT2D eigenvalue weighted by Crippen LogP contribution is -2.08. The average molecular weight is 207 g/mol. The van der Waals surface area contributed by atoms with Crippen molar-refractivity contribution in [3.63, 3.8) is 0 Å². The molecule has 6 heteroatoms. The number of hydrogen-bond acceptors (Lipinski definition) is 3. The third kappa shape index (κ3) is 1.69. The number of benzene rings is 1. The van der Waals surface area contributed by atoms with Gasteiger partial charge in [0.25, 0.3) is 0 Å². The van der Waals surface area contributed by atoms with Gasteiger partial charge in [0.2, 0.25) is 5.95 Å². The van der Waals surface area contributed by atoms with E-state index in [0.717, 1.165) is 5.52 Å². The fourth-order valence-electron chi connectivity index (χ4n) is 1.33. The highest BCUT2D eigenvalue weighted by Crippen LogP contribution is 2.24. The molecule has 78 valence electrons. The van der Waals surface area contributed by atoms with E-state index in [0.29, 0.717) is 11.3 Å². The molecule has 1 amide bonds. The van der Waals surface area contributed by atoms with Crippen LogP contribution in [0, 0.1) is 0 Å². The molecule has 0 aliphatic carbocycles. The maximum atomic E-state index is 10.4. The number of H-pyrrole nitrogens is 1. The number of methoxy groups -OCH3 is 1. The number of aromatic amines is 1. The van der Waals surface area contributed by atoms with Crippen molar-refractivity contribution in [2.75, 3.05) is 12.4 Å². The lowest BCUT2D eigenvalue weighted by molar-refractivity contribution is 0.209. The van der Waals surface area contributed by atoms with Crippen molar-refractivity contribution in [3.05, 3.63) is 18.2 Å². The van der Waals surface area contributed by atoms with E-state index >= 15 is 0 Å². The van der Waals surface area contributed by atoms with Crippen LogP contribution < -0.4 is 10.1 Å². The molecule has 3 N–H and O–H groups in total. The highest BCUT2D eigenvalue weighted by atomic mass is 16.5. The number of carboxylic acid groups (broad SMARTS) is 1. The number of fused-ring (bicyclic) bond motifs is 1. The maximum absolute atomic E-state index is 10.4. The second-order valence-electron chi connectivity index (χ2n) is 2.87. The fourth-order valence-corrected chi connectivity index (χ4v) is 1.33. The molecule has 2 aromatic rings. The summed E-state index contributed by atoms with van der Waals surface area (Å²) in [5.74, 6) is 0.782. The number of aromatic nitrogens is 2. The van der Waals surface area contributed by atoms with E-state index in [1.165, 1.54) is 7.11 Å². The first-order valence-electron chi connectivity index (χ1n) is 4.23. The summed E-state index contributed by atoms with van der Waals surface area (Å²) in [5.41, 5.74) is 1.32. The molecular formula is C9H9N3O3. The normalized spacial score (nSPS) is 10.2.